The second-order valence-corrected chi connectivity index (χ2v) is 4.66. The van der Waals surface area contributed by atoms with Crippen molar-refractivity contribution >= 4 is 11.6 Å². The zero-order chi connectivity index (χ0) is 9.10. The standard InChI is InChI=1S/C11H12O2/c12-8-6-10-3-1-4-11(10,7-8)9(13)2-5-10/h1,3H,2,4-7H2. The topological polar surface area (TPSA) is 34.1 Å². The Balaban J connectivity index is 2.18. The molecule has 0 spiro atoms. The molecule has 0 saturated heterocycles. The van der Waals surface area contributed by atoms with Gasteiger partial charge in [0.2, 0.25) is 0 Å². The number of ketones is 2. The molecule has 0 bridgehead atoms. The Morgan fingerprint density at radius 3 is 2.85 bits per heavy atom. The predicted octanol–water partition coefficient (Wildman–Crippen LogP) is 1.64. The molecule has 3 aliphatic carbocycles. The molecule has 2 nitrogen and oxygen atoms in total. The van der Waals surface area contributed by atoms with Crippen molar-refractivity contribution in [3.8, 4) is 0 Å². The average Bonchev–Trinajstić information content (AvgIpc) is 2.58. The Labute approximate surface area is 77.0 Å². The monoisotopic (exact) mass is 176 g/mol. The molecule has 3 aliphatic rings. The lowest BCUT2D eigenvalue weighted by atomic mass is 9.70. The molecule has 2 fully saturated rings. The summed E-state index contributed by atoms with van der Waals surface area (Å²) in [6.45, 7) is 0. The van der Waals surface area contributed by atoms with Crippen LogP contribution in [0.4, 0.5) is 0 Å². The van der Waals surface area contributed by atoms with Crippen LogP contribution in [0, 0.1) is 10.8 Å². The molecule has 0 aromatic carbocycles. The van der Waals surface area contributed by atoms with Crippen molar-refractivity contribution in [1.29, 1.82) is 0 Å². The summed E-state index contributed by atoms with van der Waals surface area (Å²) in [4.78, 5) is 23.2. The normalized spacial score (nSPS) is 47.1. The van der Waals surface area contributed by atoms with Gasteiger partial charge in [0, 0.05) is 30.1 Å². The first-order valence-corrected chi connectivity index (χ1v) is 4.91. The van der Waals surface area contributed by atoms with E-state index < -0.39 is 0 Å². The molecule has 2 saturated carbocycles. The number of carbonyl (C=O) groups is 2. The van der Waals surface area contributed by atoms with Gasteiger partial charge in [-0.15, -0.1) is 0 Å². The Bertz CT molecular complexity index is 342. The number of hydrogen-bond acceptors (Lipinski definition) is 2. The van der Waals surface area contributed by atoms with E-state index in [0.29, 0.717) is 25.0 Å². The van der Waals surface area contributed by atoms with Gasteiger partial charge in [0.15, 0.2) is 0 Å². The molecule has 0 amide bonds. The van der Waals surface area contributed by atoms with Crippen molar-refractivity contribution in [2.45, 2.75) is 32.1 Å². The third-order valence-electron chi connectivity index (χ3n) is 4.20. The van der Waals surface area contributed by atoms with E-state index in [0.717, 1.165) is 12.8 Å². The highest BCUT2D eigenvalue weighted by atomic mass is 16.1. The van der Waals surface area contributed by atoms with Crippen LogP contribution in [0.25, 0.3) is 0 Å². The van der Waals surface area contributed by atoms with Gasteiger partial charge >= 0.3 is 0 Å². The van der Waals surface area contributed by atoms with Gasteiger partial charge in [0.25, 0.3) is 0 Å². The third kappa shape index (κ3) is 0.630. The van der Waals surface area contributed by atoms with E-state index >= 15 is 0 Å². The van der Waals surface area contributed by atoms with Crippen molar-refractivity contribution in [3.63, 3.8) is 0 Å². The van der Waals surface area contributed by atoms with Crippen LogP contribution >= 0.6 is 0 Å². The van der Waals surface area contributed by atoms with Crippen molar-refractivity contribution < 1.29 is 9.59 Å². The minimum atomic E-state index is -0.274. The molecule has 2 unspecified atom stereocenters. The number of Topliss-reactive ketones (excluding diaryl/α,β-unsaturated/α-hetero) is 2. The van der Waals surface area contributed by atoms with Crippen molar-refractivity contribution in [2.75, 3.05) is 0 Å². The summed E-state index contributed by atoms with van der Waals surface area (Å²) in [6, 6.07) is 0. The molecule has 0 aromatic rings. The van der Waals surface area contributed by atoms with E-state index in [9.17, 15) is 9.59 Å². The Hall–Kier alpha value is -0.920. The minimum absolute atomic E-state index is 0.0405. The average molecular weight is 176 g/mol. The Morgan fingerprint density at radius 1 is 1.23 bits per heavy atom. The van der Waals surface area contributed by atoms with E-state index in [1.807, 2.05) is 0 Å². The van der Waals surface area contributed by atoms with E-state index in [4.69, 9.17) is 0 Å². The highest BCUT2D eigenvalue weighted by Crippen LogP contribution is 2.65. The lowest BCUT2D eigenvalue weighted by molar-refractivity contribution is -0.129. The largest absolute Gasteiger partial charge is 0.300 e. The zero-order valence-corrected chi connectivity index (χ0v) is 7.51. The van der Waals surface area contributed by atoms with Gasteiger partial charge in [-0.25, -0.2) is 0 Å². The second-order valence-electron chi connectivity index (χ2n) is 4.66. The summed E-state index contributed by atoms with van der Waals surface area (Å²) in [6.07, 6.45) is 7.80. The molecule has 0 aliphatic heterocycles. The van der Waals surface area contributed by atoms with Crippen LogP contribution in [0.15, 0.2) is 12.2 Å². The molecular weight excluding hydrogens is 164 g/mol. The first-order chi connectivity index (χ1) is 6.19. The van der Waals surface area contributed by atoms with Crippen molar-refractivity contribution in [1.82, 2.24) is 0 Å². The first kappa shape index (κ1) is 7.48. The Morgan fingerprint density at radius 2 is 2.08 bits per heavy atom. The van der Waals surface area contributed by atoms with Gasteiger partial charge in [-0.1, -0.05) is 12.2 Å². The molecule has 0 heterocycles. The molecule has 68 valence electrons. The summed E-state index contributed by atoms with van der Waals surface area (Å²) in [5.74, 6) is 0.626. The quantitative estimate of drug-likeness (QED) is 0.526. The molecule has 0 aromatic heterocycles. The van der Waals surface area contributed by atoms with E-state index in [1.165, 1.54) is 0 Å². The maximum atomic E-state index is 11.8. The lowest BCUT2D eigenvalue weighted by Gasteiger charge is -2.30. The molecule has 13 heavy (non-hydrogen) atoms. The summed E-state index contributed by atoms with van der Waals surface area (Å²) in [7, 11) is 0. The van der Waals surface area contributed by atoms with E-state index in [-0.39, 0.29) is 16.6 Å². The fraction of sp³-hybridized carbons (Fsp3) is 0.636. The Kier molecular flexibility index (Phi) is 1.12. The van der Waals surface area contributed by atoms with Crippen molar-refractivity contribution in [3.05, 3.63) is 12.2 Å². The molecule has 0 N–H and O–H groups in total. The molecule has 2 atom stereocenters. The van der Waals surface area contributed by atoms with Crippen LogP contribution in [0.5, 0.6) is 0 Å². The second kappa shape index (κ2) is 1.94. The van der Waals surface area contributed by atoms with Crippen LogP contribution in [-0.2, 0) is 9.59 Å². The molecule has 2 heteroatoms. The lowest BCUT2D eigenvalue weighted by Crippen LogP contribution is -2.32. The summed E-state index contributed by atoms with van der Waals surface area (Å²) in [5.41, 5.74) is -0.314. The van der Waals surface area contributed by atoms with Gasteiger partial charge in [-0.05, 0) is 12.8 Å². The zero-order valence-electron chi connectivity index (χ0n) is 7.51. The fourth-order valence-corrected chi connectivity index (χ4v) is 3.55. The number of rotatable bonds is 0. The maximum Gasteiger partial charge on any atom is 0.140 e. The SMILES string of the molecule is O=C1CC23C=CCC2(C1)C(=O)CC3. The minimum Gasteiger partial charge on any atom is -0.300 e. The number of hydrogen-bond donors (Lipinski definition) is 0. The smallest absolute Gasteiger partial charge is 0.140 e. The summed E-state index contributed by atoms with van der Waals surface area (Å²) in [5, 5.41) is 0. The maximum absolute atomic E-state index is 11.8. The van der Waals surface area contributed by atoms with E-state index in [2.05, 4.69) is 12.2 Å². The highest BCUT2D eigenvalue weighted by molar-refractivity contribution is 5.99. The van der Waals surface area contributed by atoms with Gasteiger partial charge < -0.3 is 0 Å². The highest BCUT2D eigenvalue weighted by Gasteiger charge is 2.65. The van der Waals surface area contributed by atoms with Crippen LogP contribution in [0.3, 0.4) is 0 Å². The summed E-state index contributed by atoms with van der Waals surface area (Å²) < 4.78 is 0. The van der Waals surface area contributed by atoms with Gasteiger partial charge in [0.1, 0.15) is 11.6 Å². The molecule has 3 rings (SSSR count). The van der Waals surface area contributed by atoms with Crippen LogP contribution in [-0.4, -0.2) is 11.6 Å². The van der Waals surface area contributed by atoms with Gasteiger partial charge in [-0.2, -0.15) is 0 Å². The predicted molar refractivity (Wildman–Crippen MR) is 47.1 cm³/mol. The van der Waals surface area contributed by atoms with Gasteiger partial charge in [-0.3, -0.25) is 9.59 Å². The van der Waals surface area contributed by atoms with Crippen molar-refractivity contribution in [2.24, 2.45) is 10.8 Å². The van der Waals surface area contributed by atoms with Crippen LogP contribution < -0.4 is 0 Å². The molecular formula is C11H12O2. The van der Waals surface area contributed by atoms with E-state index in [1.54, 1.807) is 0 Å². The van der Waals surface area contributed by atoms with Crippen LogP contribution in [0.1, 0.15) is 32.1 Å². The number of carbonyl (C=O) groups excluding carboxylic acids is 2. The van der Waals surface area contributed by atoms with Gasteiger partial charge in [0.05, 0.1) is 0 Å². The van der Waals surface area contributed by atoms with Crippen LogP contribution in [0.2, 0.25) is 0 Å². The fourth-order valence-electron chi connectivity index (χ4n) is 3.55. The first-order valence-electron chi connectivity index (χ1n) is 4.91. The third-order valence-corrected chi connectivity index (χ3v) is 4.20. The molecule has 0 radical (unpaired) electrons. The number of allylic oxidation sites excluding steroid dienone is 2. The summed E-state index contributed by atoms with van der Waals surface area (Å²) >= 11 is 0.